The number of allylic oxidation sites excluding steroid dienone is 1. The molecule has 174 valence electrons. The fraction of sp³-hybridized carbons (Fsp3) is 0.417. The van der Waals surface area contributed by atoms with Gasteiger partial charge >= 0.3 is 0 Å². The largest absolute Gasteiger partial charge is 0.489 e. The van der Waals surface area contributed by atoms with Gasteiger partial charge in [-0.3, -0.25) is 14.4 Å². The summed E-state index contributed by atoms with van der Waals surface area (Å²) in [6, 6.07) is 7.09. The van der Waals surface area contributed by atoms with Gasteiger partial charge in [-0.25, -0.2) is 4.98 Å². The van der Waals surface area contributed by atoms with Gasteiger partial charge in [-0.05, 0) is 38.3 Å². The van der Waals surface area contributed by atoms with E-state index in [-0.39, 0.29) is 24.3 Å². The minimum atomic E-state index is -0.627. The number of nitrogens with one attached hydrogen (secondary N) is 2. The van der Waals surface area contributed by atoms with Crippen LogP contribution in [0.2, 0.25) is 0 Å². The summed E-state index contributed by atoms with van der Waals surface area (Å²) in [5, 5.41) is 5.80. The fourth-order valence-corrected chi connectivity index (χ4v) is 4.25. The lowest BCUT2D eigenvalue weighted by molar-refractivity contribution is -0.133. The number of nitrogens with zero attached hydrogens (tertiary/aromatic N) is 2. The molecule has 33 heavy (non-hydrogen) atoms. The van der Waals surface area contributed by atoms with Gasteiger partial charge in [0.2, 0.25) is 5.91 Å². The Bertz CT molecular complexity index is 1050. The molecule has 2 aliphatic rings. The number of oxazole rings is 1. The van der Waals surface area contributed by atoms with Gasteiger partial charge in [-0.15, -0.1) is 0 Å². The van der Waals surface area contributed by atoms with Crippen LogP contribution < -0.4 is 15.4 Å². The number of aromatic nitrogens is 1. The van der Waals surface area contributed by atoms with Crippen LogP contribution in [-0.4, -0.2) is 60.4 Å². The normalized spacial score (nSPS) is 20.1. The van der Waals surface area contributed by atoms with Crippen molar-refractivity contribution in [1.82, 2.24) is 20.5 Å². The first-order valence-corrected chi connectivity index (χ1v) is 11.1. The molecule has 1 fully saturated rings. The number of para-hydroxylation sites is 1. The topological polar surface area (TPSA) is 114 Å². The number of likely N-dealkylation sites (tertiary alicyclic amines) is 1. The molecule has 0 bridgehead atoms. The van der Waals surface area contributed by atoms with E-state index >= 15 is 0 Å². The molecule has 2 aromatic rings. The number of hydrogen-bond donors (Lipinski definition) is 2. The third kappa shape index (κ3) is 4.92. The quantitative estimate of drug-likeness (QED) is 0.641. The van der Waals surface area contributed by atoms with Crippen molar-refractivity contribution in [1.29, 1.82) is 0 Å². The SMILES string of the molecule is Cc1ocnc1C(=O)N1CCC2(C/C=C/COc3ccccc3C(=O)NCCNC2=O)CC1. The van der Waals surface area contributed by atoms with E-state index in [0.717, 1.165) is 0 Å². The summed E-state index contributed by atoms with van der Waals surface area (Å²) in [6.07, 6.45) is 6.69. The van der Waals surface area contributed by atoms with Crippen LogP contribution >= 0.6 is 0 Å². The Hall–Kier alpha value is -3.62. The predicted octanol–water partition coefficient (Wildman–Crippen LogP) is 2.09. The zero-order valence-corrected chi connectivity index (χ0v) is 18.6. The van der Waals surface area contributed by atoms with Gasteiger partial charge in [0.15, 0.2) is 12.1 Å². The van der Waals surface area contributed by atoms with E-state index < -0.39 is 5.41 Å². The number of rotatable bonds is 1. The molecule has 0 aliphatic carbocycles. The first kappa shape index (κ1) is 22.6. The van der Waals surface area contributed by atoms with Crippen molar-refractivity contribution in [3.63, 3.8) is 0 Å². The molecule has 3 amide bonds. The second kappa shape index (κ2) is 9.89. The van der Waals surface area contributed by atoms with Crippen LogP contribution in [-0.2, 0) is 4.79 Å². The molecule has 1 aromatic heterocycles. The molecule has 1 aromatic carbocycles. The Morgan fingerprint density at radius 3 is 2.61 bits per heavy atom. The van der Waals surface area contributed by atoms with E-state index in [1.165, 1.54) is 6.39 Å². The second-order valence-corrected chi connectivity index (χ2v) is 8.32. The molecule has 4 rings (SSSR count). The summed E-state index contributed by atoms with van der Waals surface area (Å²) in [7, 11) is 0. The number of ether oxygens (including phenoxy) is 1. The maximum Gasteiger partial charge on any atom is 0.276 e. The van der Waals surface area contributed by atoms with Crippen molar-refractivity contribution in [3.05, 3.63) is 59.8 Å². The summed E-state index contributed by atoms with van der Waals surface area (Å²) < 4.78 is 10.9. The maximum atomic E-state index is 13.2. The average molecular weight is 453 g/mol. The van der Waals surface area contributed by atoms with Crippen molar-refractivity contribution in [2.75, 3.05) is 32.8 Å². The first-order valence-electron chi connectivity index (χ1n) is 11.1. The highest BCUT2D eigenvalue weighted by Crippen LogP contribution is 2.36. The number of amides is 3. The molecule has 2 aliphatic heterocycles. The monoisotopic (exact) mass is 452 g/mol. The molecular weight excluding hydrogens is 424 g/mol. The minimum absolute atomic E-state index is 0.0653. The molecule has 3 heterocycles. The van der Waals surface area contributed by atoms with E-state index in [2.05, 4.69) is 15.6 Å². The summed E-state index contributed by atoms with van der Waals surface area (Å²) in [4.78, 5) is 44.2. The van der Waals surface area contributed by atoms with Gasteiger partial charge in [0, 0.05) is 26.2 Å². The number of benzene rings is 1. The van der Waals surface area contributed by atoms with Gasteiger partial charge in [0.05, 0.1) is 11.0 Å². The first-order chi connectivity index (χ1) is 16.0. The summed E-state index contributed by atoms with van der Waals surface area (Å²) >= 11 is 0. The van der Waals surface area contributed by atoms with Crippen LogP contribution in [0.25, 0.3) is 0 Å². The Labute approximate surface area is 192 Å². The lowest BCUT2D eigenvalue weighted by Gasteiger charge is -2.40. The van der Waals surface area contributed by atoms with Crippen LogP contribution in [0.1, 0.15) is 45.9 Å². The Morgan fingerprint density at radius 2 is 1.85 bits per heavy atom. The third-order valence-corrected chi connectivity index (χ3v) is 6.27. The molecule has 9 heteroatoms. The highest BCUT2D eigenvalue weighted by Gasteiger charge is 2.41. The van der Waals surface area contributed by atoms with Gasteiger partial charge in [-0.2, -0.15) is 0 Å². The molecule has 1 saturated heterocycles. The van der Waals surface area contributed by atoms with Crippen LogP contribution in [0, 0.1) is 12.3 Å². The second-order valence-electron chi connectivity index (χ2n) is 8.32. The molecule has 0 saturated carbocycles. The lowest BCUT2D eigenvalue weighted by Crippen LogP contribution is -2.51. The zero-order chi connectivity index (χ0) is 23.3. The van der Waals surface area contributed by atoms with E-state index in [1.54, 1.807) is 30.0 Å². The van der Waals surface area contributed by atoms with Crippen molar-refractivity contribution in [2.24, 2.45) is 5.41 Å². The van der Waals surface area contributed by atoms with E-state index in [4.69, 9.17) is 9.15 Å². The van der Waals surface area contributed by atoms with Crippen LogP contribution in [0.15, 0.2) is 47.2 Å². The molecule has 2 N–H and O–H groups in total. The van der Waals surface area contributed by atoms with Crippen LogP contribution in [0.5, 0.6) is 5.75 Å². The molecule has 9 nitrogen and oxygen atoms in total. The molecule has 0 unspecified atom stereocenters. The van der Waals surface area contributed by atoms with Gasteiger partial charge < -0.3 is 24.7 Å². The number of aryl methyl sites for hydroxylation is 1. The number of piperidine rings is 1. The lowest BCUT2D eigenvalue weighted by atomic mass is 9.74. The zero-order valence-electron chi connectivity index (χ0n) is 18.6. The van der Waals surface area contributed by atoms with Crippen molar-refractivity contribution in [3.8, 4) is 5.75 Å². The van der Waals surface area contributed by atoms with Gasteiger partial charge in [-0.1, -0.05) is 24.3 Å². The van der Waals surface area contributed by atoms with E-state index in [1.807, 2.05) is 18.2 Å². The predicted molar refractivity (Wildman–Crippen MR) is 120 cm³/mol. The smallest absolute Gasteiger partial charge is 0.276 e. The Kier molecular flexibility index (Phi) is 6.76. The van der Waals surface area contributed by atoms with Crippen LogP contribution in [0.3, 0.4) is 0 Å². The molecule has 1 spiro atoms. The fourth-order valence-electron chi connectivity index (χ4n) is 4.25. The van der Waals surface area contributed by atoms with Gasteiger partial charge in [0.1, 0.15) is 18.1 Å². The summed E-state index contributed by atoms with van der Waals surface area (Å²) in [5.41, 5.74) is 0.151. The Balaban J connectivity index is 1.46. The number of carbonyl (C=O) groups excluding carboxylic acids is 3. The summed E-state index contributed by atoms with van der Waals surface area (Å²) in [5.74, 6) is 0.519. The molecule has 0 radical (unpaired) electrons. The number of fused-ring (bicyclic) bond motifs is 1. The van der Waals surface area contributed by atoms with E-state index in [0.29, 0.717) is 68.2 Å². The number of hydrogen-bond acceptors (Lipinski definition) is 6. The molecule has 0 atom stereocenters. The van der Waals surface area contributed by atoms with E-state index in [9.17, 15) is 14.4 Å². The highest BCUT2D eigenvalue weighted by molar-refractivity contribution is 5.97. The average Bonchev–Trinajstić information content (AvgIpc) is 3.26. The summed E-state index contributed by atoms with van der Waals surface area (Å²) in [6.45, 7) is 3.53. The van der Waals surface area contributed by atoms with Crippen LogP contribution in [0.4, 0.5) is 0 Å². The number of carbonyl (C=O) groups is 3. The third-order valence-electron chi connectivity index (χ3n) is 6.27. The minimum Gasteiger partial charge on any atom is -0.489 e. The Morgan fingerprint density at radius 1 is 1.09 bits per heavy atom. The van der Waals surface area contributed by atoms with Crippen molar-refractivity contribution < 1.29 is 23.5 Å². The standard InChI is InChI=1S/C24H28N4O5/c1-17-20(27-16-33-17)22(30)28-13-9-24(10-14-28)8-4-5-15-32-19-7-3-2-6-18(19)21(29)25-11-12-26-23(24)31/h2-7,16H,8-15H2,1H3,(H,25,29)(H,26,31)/b5-4+. The molecular formula is C24H28N4O5. The van der Waals surface area contributed by atoms with Crippen molar-refractivity contribution in [2.45, 2.75) is 26.2 Å². The highest BCUT2D eigenvalue weighted by atomic mass is 16.5. The van der Waals surface area contributed by atoms with Gasteiger partial charge in [0.25, 0.3) is 11.8 Å². The maximum absolute atomic E-state index is 13.2. The van der Waals surface area contributed by atoms with Crippen molar-refractivity contribution >= 4 is 17.7 Å².